The minimum Gasteiger partial charge on any atom is -0.492 e. The predicted molar refractivity (Wildman–Crippen MR) is 94.8 cm³/mol. The van der Waals surface area contributed by atoms with Crippen LogP contribution in [0.4, 0.5) is 5.69 Å². The van der Waals surface area contributed by atoms with Crippen molar-refractivity contribution in [1.29, 1.82) is 0 Å². The number of H-pyrrole nitrogens is 1. The first-order valence-electron chi connectivity index (χ1n) is 7.71. The predicted octanol–water partition coefficient (Wildman–Crippen LogP) is 2.95. The normalized spacial score (nSPS) is 11.5. The molecule has 0 atom stereocenters. The summed E-state index contributed by atoms with van der Waals surface area (Å²) in [6, 6.07) is 12.9. The Balaban J connectivity index is 1.56. The molecule has 7 heteroatoms. The Morgan fingerprint density at radius 1 is 1.17 bits per heavy atom. The number of hydrogen-bond donors (Lipinski definition) is 2. The first kappa shape index (κ1) is 16.3. The zero-order valence-corrected chi connectivity index (χ0v) is 14.1. The second-order valence-electron chi connectivity index (χ2n) is 5.44. The second-order valence-corrected chi connectivity index (χ2v) is 7.28. The van der Waals surface area contributed by atoms with Crippen molar-refractivity contribution >= 4 is 26.6 Å². The molecule has 6 nitrogen and oxygen atoms in total. The third-order valence-corrected chi connectivity index (χ3v) is 4.92. The summed E-state index contributed by atoms with van der Waals surface area (Å²) in [5.41, 5.74) is 2.49. The van der Waals surface area contributed by atoms with Gasteiger partial charge in [0.1, 0.15) is 18.1 Å². The molecule has 2 aromatic carbocycles. The van der Waals surface area contributed by atoms with Crippen LogP contribution in [0.5, 0.6) is 5.75 Å². The van der Waals surface area contributed by atoms with Gasteiger partial charge in [-0.15, -0.1) is 0 Å². The Hall–Kier alpha value is -2.54. The van der Waals surface area contributed by atoms with Crippen molar-refractivity contribution in [2.75, 3.05) is 17.1 Å². The summed E-state index contributed by atoms with van der Waals surface area (Å²) in [7, 11) is -3.48. The Bertz CT molecular complexity index is 918. The molecule has 3 aromatic rings. The Labute approximate surface area is 140 Å². The summed E-state index contributed by atoms with van der Waals surface area (Å²) in [5.74, 6) is 0.546. The van der Waals surface area contributed by atoms with Crippen molar-refractivity contribution in [3.63, 3.8) is 0 Å². The monoisotopic (exact) mass is 345 g/mol. The van der Waals surface area contributed by atoms with Crippen LogP contribution in [-0.2, 0) is 16.4 Å². The molecule has 3 rings (SSSR count). The summed E-state index contributed by atoms with van der Waals surface area (Å²) in [4.78, 5) is 0. The van der Waals surface area contributed by atoms with Gasteiger partial charge in [0.2, 0.25) is 10.0 Å². The van der Waals surface area contributed by atoms with E-state index in [2.05, 4.69) is 21.8 Å². The van der Waals surface area contributed by atoms with Gasteiger partial charge in [-0.1, -0.05) is 19.1 Å². The molecular weight excluding hydrogens is 326 g/mol. The average Bonchev–Trinajstić information content (AvgIpc) is 3.02. The van der Waals surface area contributed by atoms with Crippen LogP contribution in [0.25, 0.3) is 10.9 Å². The summed E-state index contributed by atoms with van der Waals surface area (Å²) in [6.07, 6.45) is 2.64. The van der Waals surface area contributed by atoms with Crippen LogP contribution < -0.4 is 9.46 Å². The Morgan fingerprint density at radius 3 is 2.71 bits per heavy atom. The number of fused-ring (bicyclic) bond motifs is 1. The number of benzene rings is 2. The third-order valence-electron chi connectivity index (χ3n) is 3.67. The summed E-state index contributed by atoms with van der Waals surface area (Å²) < 4.78 is 32.3. The number of aromatic amines is 1. The number of nitrogens with zero attached hydrogens (tertiary/aromatic N) is 1. The van der Waals surface area contributed by atoms with Crippen LogP contribution in [0.1, 0.15) is 12.5 Å². The molecule has 0 radical (unpaired) electrons. The number of aromatic nitrogens is 2. The van der Waals surface area contributed by atoms with Crippen LogP contribution in [0.15, 0.2) is 48.7 Å². The molecule has 0 bridgehead atoms. The lowest BCUT2D eigenvalue weighted by Gasteiger charge is -2.10. The fraction of sp³-hybridized carbons (Fsp3) is 0.235. The van der Waals surface area contributed by atoms with Gasteiger partial charge in [0.15, 0.2) is 0 Å². The maximum atomic E-state index is 12.1. The van der Waals surface area contributed by atoms with Crippen LogP contribution in [0.2, 0.25) is 0 Å². The largest absolute Gasteiger partial charge is 0.492 e. The van der Waals surface area contributed by atoms with Crippen LogP contribution >= 0.6 is 0 Å². The lowest BCUT2D eigenvalue weighted by molar-refractivity contribution is 0.341. The number of aryl methyl sites for hydroxylation is 1. The van der Waals surface area contributed by atoms with Crippen molar-refractivity contribution < 1.29 is 13.2 Å². The van der Waals surface area contributed by atoms with E-state index < -0.39 is 10.0 Å². The Morgan fingerprint density at radius 2 is 1.96 bits per heavy atom. The molecule has 24 heavy (non-hydrogen) atoms. The molecule has 0 amide bonds. The van der Waals surface area contributed by atoms with Gasteiger partial charge in [0.05, 0.1) is 17.4 Å². The van der Waals surface area contributed by atoms with E-state index in [0.29, 0.717) is 11.4 Å². The van der Waals surface area contributed by atoms with E-state index in [0.717, 1.165) is 17.3 Å². The quantitative estimate of drug-likeness (QED) is 0.689. The zero-order chi connectivity index (χ0) is 17.0. The van der Waals surface area contributed by atoms with E-state index in [1.165, 1.54) is 5.56 Å². The minimum atomic E-state index is -3.48. The molecule has 0 fully saturated rings. The smallest absolute Gasteiger partial charge is 0.236 e. The number of ether oxygens (including phenoxy) is 1. The second kappa shape index (κ2) is 6.92. The van der Waals surface area contributed by atoms with E-state index in [1.807, 2.05) is 30.3 Å². The van der Waals surface area contributed by atoms with Crippen molar-refractivity contribution in [3.8, 4) is 5.75 Å². The fourth-order valence-electron chi connectivity index (χ4n) is 2.32. The molecule has 0 aliphatic carbocycles. The molecule has 1 aromatic heterocycles. The van der Waals surface area contributed by atoms with Crippen LogP contribution in [0.3, 0.4) is 0 Å². The highest BCUT2D eigenvalue weighted by molar-refractivity contribution is 7.92. The molecule has 2 N–H and O–H groups in total. The molecule has 0 saturated carbocycles. The van der Waals surface area contributed by atoms with Gasteiger partial charge in [0.25, 0.3) is 0 Å². The van der Waals surface area contributed by atoms with Crippen molar-refractivity contribution in [2.45, 2.75) is 13.3 Å². The van der Waals surface area contributed by atoms with Gasteiger partial charge in [-0.25, -0.2) is 8.42 Å². The van der Waals surface area contributed by atoms with Gasteiger partial charge < -0.3 is 4.74 Å². The van der Waals surface area contributed by atoms with Gasteiger partial charge in [-0.05, 0) is 42.3 Å². The Kier molecular flexibility index (Phi) is 4.71. The van der Waals surface area contributed by atoms with E-state index in [9.17, 15) is 8.42 Å². The molecule has 126 valence electrons. The maximum absolute atomic E-state index is 12.1. The highest BCUT2D eigenvalue weighted by atomic mass is 32.2. The fourth-order valence-corrected chi connectivity index (χ4v) is 3.21. The first-order chi connectivity index (χ1) is 11.6. The standard InChI is InChI=1S/C17H19N3O3S/c1-2-13-3-7-16(8-4-13)23-9-10-24(21,22)20-15-6-5-14-12-18-19-17(14)11-15/h3-8,11-12,20H,2,9-10H2,1H3,(H,18,19). The van der Waals surface area contributed by atoms with E-state index in [-0.39, 0.29) is 12.4 Å². The van der Waals surface area contributed by atoms with Crippen LogP contribution in [-0.4, -0.2) is 31.0 Å². The van der Waals surface area contributed by atoms with E-state index >= 15 is 0 Å². The van der Waals surface area contributed by atoms with E-state index in [4.69, 9.17) is 4.74 Å². The molecular formula is C17H19N3O3S. The highest BCUT2D eigenvalue weighted by Crippen LogP contribution is 2.18. The SMILES string of the molecule is CCc1ccc(OCCS(=O)(=O)Nc2ccc3cn[nH]c3c2)cc1. The van der Waals surface area contributed by atoms with Crippen molar-refractivity contribution in [1.82, 2.24) is 10.2 Å². The number of sulfonamides is 1. The molecule has 0 saturated heterocycles. The minimum absolute atomic E-state index is 0.0904. The van der Waals surface area contributed by atoms with E-state index in [1.54, 1.807) is 18.3 Å². The number of hydrogen-bond acceptors (Lipinski definition) is 4. The first-order valence-corrected chi connectivity index (χ1v) is 9.36. The summed E-state index contributed by atoms with van der Waals surface area (Å²) in [5, 5.41) is 7.65. The third kappa shape index (κ3) is 4.05. The van der Waals surface area contributed by atoms with Gasteiger partial charge >= 0.3 is 0 Å². The topological polar surface area (TPSA) is 84.1 Å². The molecule has 1 heterocycles. The zero-order valence-electron chi connectivity index (χ0n) is 13.3. The lowest BCUT2D eigenvalue weighted by atomic mass is 10.2. The van der Waals surface area contributed by atoms with Gasteiger partial charge in [0, 0.05) is 5.39 Å². The van der Waals surface area contributed by atoms with Crippen LogP contribution in [0, 0.1) is 0 Å². The average molecular weight is 345 g/mol. The molecule has 0 aliphatic rings. The molecule has 0 unspecified atom stereocenters. The molecule has 0 aliphatic heterocycles. The lowest BCUT2D eigenvalue weighted by Crippen LogP contribution is -2.21. The summed E-state index contributed by atoms with van der Waals surface area (Å²) >= 11 is 0. The highest BCUT2D eigenvalue weighted by Gasteiger charge is 2.11. The molecule has 0 spiro atoms. The summed E-state index contributed by atoms with van der Waals surface area (Å²) in [6.45, 7) is 2.17. The van der Waals surface area contributed by atoms with Crippen molar-refractivity contribution in [2.24, 2.45) is 0 Å². The van der Waals surface area contributed by atoms with Crippen molar-refractivity contribution in [3.05, 3.63) is 54.2 Å². The number of nitrogens with one attached hydrogen (secondary N) is 2. The number of anilines is 1. The number of rotatable bonds is 7. The van der Waals surface area contributed by atoms with Gasteiger partial charge in [-0.2, -0.15) is 5.10 Å². The maximum Gasteiger partial charge on any atom is 0.236 e. The van der Waals surface area contributed by atoms with Gasteiger partial charge in [-0.3, -0.25) is 9.82 Å².